The van der Waals surface area contributed by atoms with Gasteiger partial charge in [-0.05, 0) is 63.9 Å². The maximum atomic E-state index is 4.53. The summed E-state index contributed by atoms with van der Waals surface area (Å²) in [5, 5.41) is 7.57. The number of likely N-dealkylation sites (tertiary alicyclic amines) is 1. The summed E-state index contributed by atoms with van der Waals surface area (Å²) in [5.41, 5.74) is 8.69. The van der Waals surface area contributed by atoms with E-state index >= 15 is 0 Å². The van der Waals surface area contributed by atoms with Gasteiger partial charge >= 0.3 is 0 Å². The van der Waals surface area contributed by atoms with E-state index in [-0.39, 0.29) is 0 Å². The van der Waals surface area contributed by atoms with Crippen LogP contribution in [0.25, 0.3) is 11.3 Å². The van der Waals surface area contributed by atoms with Crippen molar-refractivity contribution in [1.82, 2.24) is 25.1 Å². The number of benzene rings is 1. The van der Waals surface area contributed by atoms with Crippen LogP contribution in [0.1, 0.15) is 46.7 Å². The molecule has 0 unspecified atom stereocenters. The molecule has 0 spiro atoms. The standard InChI is InChI=1S/C22H27N5/c1-15-4-5-16(2)20(10-15)22-19(12-25-26-22)13-27-8-6-18(7-9-27)21-17(3)11-23-14-24-21/h4-5,10-12,14,18H,6-9,13H2,1-3H3,(H,25,26). The molecule has 3 aromatic rings. The normalized spacial score (nSPS) is 16.0. The van der Waals surface area contributed by atoms with Crippen molar-refractivity contribution in [2.24, 2.45) is 0 Å². The number of rotatable bonds is 4. The van der Waals surface area contributed by atoms with Crippen molar-refractivity contribution >= 4 is 0 Å². The second-order valence-electron chi connectivity index (χ2n) is 7.73. The van der Waals surface area contributed by atoms with Gasteiger partial charge in [-0.1, -0.05) is 17.7 Å². The molecule has 1 aromatic carbocycles. The van der Waals surface area contributed by atoms with E-state index in [1.54, 1.807) is 6.33 Å². The molecule has 1 aliphatic heterocycles. The first-order valence-electron chi connectivity index (χ1n) is 9.70. The predicted molar refractivity (Wildman–Crippen MR) is 108 cm³/mol. The van der Waals surface area contributed by atoms with Crippen LogP contribution in [0.2, 0.25) is 0 Å². The molecule has 1 N–H and O–H groups in total. The number of hydrogen-bond acceptors (Lipinski definition) is 4. The van der Waals surface area contributed by atoms with Gasteiger partial charge in [0, 0.05) is 35.5 Å². The van der Waals surface area contributed by atoms with Crippen LogP contribution >= 0.6 is 0 Å². The monoisotopic (exact) mass is 361 g/mol. The molecule has 2 aromatic heterocycles. The first kappa shape index (κ1) is 17.9. The Kier molecular flexibility index (Phi) is 5.03. The molecule has 0 aliphatic carbocycles. The molecule has 0 amide bonds. The highest BCUT2D eigenvalue weighted by molar-refractivity contribution is 5.67. The van der Waals surface area contributed by atoms with E-state index in [1.807, 2.05) is 12.4 Å². The van der Waals surface area contributed by atoms with E-state index in [9.17, 15) is 0 Å². The maximum Gasteiger partial charge on any atom is 0.115 e. The number of hydrogen-bond donors (Lipinski definition) is 1. The molecule has 0 bridgehead atoms. The molecular weight excluding hydrogens is 334 g/mol. The minimum Gasteiger partial charge on any atom is -0.299 e. The van der Waals surface area contributed by atoms with Gasteiger partial charge in [0.15, 0.2) is 0 Å². The van der Waals surface area contributed by atoms with Gasteiger partial charge in [0.2, 0.25) is 0 Å². The summed E-state index contributed by atoms with van der Waals surface area (Å²) in [6.07, 6.45) is 7.88. The van der Waals surface area contributed by atoms with Gasteiger partial charge in [0.25, 0.3) is 0 Å². The fourth-order valence-corrected chi connectivity index (χ4v) is 4.11. The lowest BCUT2D eigenvalue weighted by atomic mass is 9.91. The smallest absolute Gasteiger partial charge is 0.115 e. The Bertz CT molecular complexity index is 922. The number of H-pyrrole nitrogens is 1. The van der Waals surface area contributed by atoms with Crippen molar-refractivity contribution in [2.75, 3.05) is 13.1 Å². The summed E-state index contributed by atoms with van der Waals surface area (Å²) in [4.78, 5) is 11.2. The Morgan fingerprint density at radius 2 is 1.89 bits per heavy atom. The summed E-state index contributed by atoms with van der Waals surface area (Å²) in [6, 6.07) is 6.59. The number of piperidine rings is 1. The molecule has 0 saturated carbocycles. The Balaban J connectivity index is 1.46. The van der Waals surface area contributed by atoms with Gasteiger partial charge in [-0.15, -0.1) is 0 Å². The molecule has 140 valence electrons. The van der Waals surface area contributed by atoms with E-state index in [0.29, 0.717) is 5.92 Å². The van der Waals surface area contributed by atoms with Crippen LogP contribution in [0.5, 0.6) is 0 Å². The average Bonchev–Trinajstić information content (AvgIpc) is 3.13. The Labute approximate surface area is 160 Å². The Morgan fingerprint density at radius 1 is 1.07 bits per heavy atom. The summed E-state index contributed by atoms with van der Waals surface area (Å²) >= 11 is 0. The van der Waals surface area contributed by atoms with Gasteiger partial charge in [-0.3, -0.25) is 10.00 Å². The largest absolute Gasteiger partial charge is 0.299 e. The maximum absolute atomic E-state index is 4.53. The van der Waals surface area contributed by atoms with E-state index in [2.05, 4.69) is 64.0 Å². The molecule has 5 heteroatoms. The molecule has 1 aliphatic rings. The fourth-order valence-electron chi connectivity index (χ4n) is 4.11. The van der Waals surface area contributed by atoms with Gasteiger partial charge in [0.1, 0.15) is 6.33 Å². The SMILES string of the molecule is Cc1ccc(C)c(-c2[nH]ncc2CN2CCC(c3ncncc3C)CC2)c1. The minimum absolute atomic E-state index is 0.548. The fraction of sp³-hybridized carbons (Fsp3) is 0.409. The number of nitrogens with one attached hydrogen (secondary N) is 1. The highest BCUT2D eigenvalue weighted by Crippen LogP contribution is 2.31. The van der Waals surface area contributed by atoms with Crippen LogP contribution in [-0.4, -0.2) is 38.2 Å². The second-order valence-corrected chi connectivity index (χ2v) is 7.73. The molecule has 1 fully saturated rings. The Hall–Kier alpha value is -2.53. The lowest BCUT2D eigenvalue weighted by Gasteiger charge is -2.32. The minimum atomic E-state index is 0.548. The predicted octanol–water partition coefficient (Wildman–Crippen LogP) is 4.17. The average molecular weight is 361 g/mol. The van der Waals surface area contributed by atoms with Crippen LogP contribution in [-0.2, 0) is 6.54 Å². The first-order valence-corrected chi connectivity index (χ1v) is 9.70. The highest BCUT2D eigenvalue weighted by atomic mass is 15.2. The second kappa shape index (κ2) is 7.61. The number of aromatic nitrogens is 4. The first-order chi connectivity index (χ1) is 13.1. The summed E-state index contributed by atoms with van der Waals surface area (Å²) < 4.78 is 0. The van der Waals surface area contributed by atoms with E-state index in [1.165, 1.54) is 33.5 Å². The van der Waals surface area contributed by atoms with Gasteiger partial charge < -0.3 is 0 Å². The van der Waals surface area contributed by atoms with Crippen molar-refractivity contribution in [2.45, 2.75) is 46.1 Å². The van der Waals surface area contributed by atoms with E-state index < -0.39 is 0 Å². The van der Waals surface area contributed by atoms with E-state index in [4.69, 9.17) is 0 Å². The third-order valence-corrected chi connectivity index (χ3v) is 5.68. The summed E-state index contributed by atoms with van der Waals surface area (Å²) in [7, 11) is 0. The van der Waals surface area contributed by atoms with Gasteiger partial charge in [-0.25, -0.2) is 9.97 Å². The lowest BCUT2D eigenvalue weighted by molar-refractivity contribution is 0.203. The zero-order valence-electron chi connectivity index (χ0n) is 16.4. The van der Waals surface area contributed by atoms with Crippen LogP contribution in [0.4, 0.5) is 0 Å². The Morgan fingerprint density at radius 3 is 2.67 bits per heavy atom. The van der Waals surface area contributed by atoms with Crippen molar-refractivity contribution in [1.29, 1.82) is 0 Å². The zero-order valence-corrected chi connectivity index (χ0v) is 16.4. The zero-order chi connectivity index (χ0) is 18.8. The molecule has 4 rings (SSSR count). The van der Waals surface area contributed by atoms with Crippen molar-refractivity contribution < 1.29 is 0 Å². The van der Waals surface area contributed by atoms with Gasteiger partial charge in [0.05, 0.1) is 11.9 Å². The quantitative estimate of drug-likeness (QED) is 0.758. The van der Waals surface area contributed by atoms with Gasteiger partial charge in [-0.2, -0.15) is 5.10 Å². The van der Waals surface area contributed by atoms with Crippen LogP contribution in [0, 0.1) is 20.8 Å². The molecular formula is C22H27N5. The highest BCUT2D eigenvalue weighted by Gasteiger charge is 2.24. The van der Waals surface area contributed by atoms with Crippen molar-refractivity contribution in [3.8, 4) is 11.3 Å². The third kappa shape index (κ3) is 3.78. The van der Waals surface area contributed by atoms with Crippen LogP contribution in [0.15, 0.2) is 36.9 Å². The molecule has 5 nitrogen and oxygen atoms in total. The summed E-state index contributed by atoms with van der Waals surface area (Å²) in [5.74, 6) is 0.548. The molecule has 3 heterocycles. The molecule has 1 saturated heterocycles. The third-order valence-electron chi connectivity index (χ3n) is 5.68. The summed E-state index contributed by atoms with van der Waals surface area (Å²) in [6.45, 7) is 9.53. The lowest BCUT2D eigenvalue weighted by Crippen LogP contribution is -2.33. The van der Waals surface area contributed by atoms with E-state index in [0.717, 1.165) is 38.2 Å². The van der Waals surface area contributed by atoms with Crippen molar-refractivity contribution in [3.63, 3.8) is 0 Å². The van der Waals surface area contributed by atoms with Crippen LogP contribution < -0.4 is 0 Å². The van der Waals surface area contributed by atoms with Crippen LogP contribution in [0.3, 0.4) is 0 Å². The number of nitrogens with zero attached hydrogens (tertiary/aromatic N) is 4. The van der Waals surface area contributed by atoms with Crippen molar-refractivity contribution in [3.05, 3.63) is 64.9 Å². The topological polar surface area (TPSA) is 57.7 Å². The number of aromatic amines is 1. The number of aryl methyl sites for hydroxylation is 3. The molecule has 0 atom stereocenters. The molecule has 0 radical (unpaired) electrons. The molecule has 27 heavy (non-hydrogen) atoms.